The Morgan fingerprint density at radius 2 is 1.93 bits per heavy atom. The Bertz CT molecular complexity index is 316. The lowest BCUT2D eigenvalue weighted by Crippen LogP contribution is -2.01. The molecule has 0 aromatic heterocycles. The second-order valence-corrected chi connectivity index (χ2v) is 3.30. The van der Waals surface area contributed by atoms with Crippen LogP contribution >= 0.6 is 23.2 Å². The Kier molecular flexibility index (Phi) is 4.20. The third kappa shape index (κ3) is 2.61. The van der Waals surface area contributed by atoms with Gasteiger partial charge in [-0.2, -0.15) is 0 Å². The summed E-state index contributed by atoms with van der Waals surface area (Å²) in [5, 5.41) is 8.99. The Morgan fingerprint density at radius 1 is 1.36 bits per heavy atom. The molecule has 0 atom stereocenters. The molecule has 1 N–H and O–H groups in total. The van der Waals surface area contributed by atoms with Crippen LogP contribution in [0.3, 0.4) is 0 Å². The van der Waals surface area contributed by atoms with Gasteiger partial charge in [-0.3, -0.25) is 4.79 Å². The van der Waals surface area contributed by atoms with Gasteiger partial charge in [0, 0.05) is 0 Å². The maximum atomic E-state index is 10.5. The first-order valence-electron chi connectivity index (χ1n) is 3.87. The largest absolute Gasteiger partial charge is 0.491 e. The summed E-state index contributed by atoms with van der Waals surface area (Å²) in [4.78, 5) is 10.5. The molecule has 0 radical (unpaired) electrons. The van der Waals surface area contributed by atoms with E-state index in [1.807, 2.05) is 0 Å². The highest BCUT2D eigenvalue weighted by molar-refractivity contribution is 6.38. The highest BCUT2D eigenvalue weighted by atomic mass is 35.5. The van der Waals surface area contributed by atoms with Crippen molar-refractivity contribution in [2.24, 2.45) is 0 Å². The van der Waals surface area contributed by atoms with Crippen molar-refractivity contribution < 1.29 is 14.6 Å². The maximum Gasteiger partial charge on any atom is 0.153 e. The SMILES string of the molecule is O=Cc1c(Cl)cc(OCCO)cc1Cl. The molecule has 5 heteroatoms. The number of aliphatic hydroxyl groups is 1. The highest BCUT2D eigenvalue weighted by Crippen LogP contribution is 2.28. The van der Waals surface area contributed by atoms with Crippen LogP contribution in [0, 0.1) is 0 Å². The lowest BCUT2D eigenvalue weighted by atomic mass is 10.2. The molecule has 0 heterocycles. The van der Waals surface area contributed by atoms with Crippen molar-refractivity contribution in [3.05, 3.63) is 27.7 Å². The molecule has 1 rings (SSSR count). The summed E-state index contributed by atoms with van der Waals surface area (Å²) in [5.74, 6) is 0.430. The van der Waals surface area contributed by atoms with Gasteiger partial charge in [0.25, 0.3) is 0 Å². The summed E-state index contributed by atoms with van der Waals surface area (Å²) in [6, 6.07) is 2.96. The van der Waals surface area contributed by atoms with Crippen molar-refractivity contribution in [3.63, 3.8) is 0 Å². The number of carbonyl (C=O) groups excluding carboxylic acids is 1. The van der Waals surface area contributed by atoms with Crippen molar-refractivity contribution in [2.75, 3.05) is 13.2 Å². The molecule has 0 unspecified atom stereocenters. The van der Waals surface area contributed by atoms with E-state index in [9.17, 15) is 4.79 Å². The Hall–Kier alpha value is -0.770. The summed E-state index contributed by atoms with van der Waals surface area (Å²) >= 11 is 11.5. The molecule has 14 heavy (non-hydrogen) atoms. The van der Waals surface area contributed by atoms with Crippen molar-refractivity contribution in [1.82, 2.24) is 0 Å². The predicted octanol–water partition coefficient (Wildman–Crippen LogP) is 2.18. The van der Waals surface area contributed by atoms with Gasteiger partial charge in [0.15, 0.2) is 6.29 Å². The topological polar surface area (TPSA) is 46.5 Å². The number of benzene rings is 1. The molecule has 1 aromatic rings. The molecule has 0 aliphatic heterocycles. The number of halogens is 2. The molecule has 76 valence electrons. The lowest BCUT2D eigenvalue weighted by Gasteiger charge is -2.06. The van der Waals surface area contributed by atoms with Crippen LogP contribution in [0.1, 0.15) is 10.4 Å². The first kappa shape index (κ1) is 11.3. The fraction of sp³-hybridized carbons (Fsp3) is 0.222. The van der Waals surface area contributed by atoms with E-state index in [0.717, 1.165) is 0 Å². The van der Waals surface area contributed by atoms with Crippen LogP contribution in [-0.2, 0) is 0 Å². The molecule has 0 aliphatic rings. The van der Waals surface area contributed by atoms with Crippen LogP contribution in [0.4, 0.5) is 0 Å². The number of ether oxygens (including phenoxy) is 1. The zero-order valence-electron chi connectivity index (χ0n) is 7.17. The van der Waals surface area contributed by atoms with Crippen molar-refractivity contribution >= 4 is 29.5 Å². The van der Waals surface area contributed by atoms with Gasteiger partial charge in [0.05, 0.1) is 22.2 Å². The van der Waals surface area contributed by atoms with Gasteiger partial charge in [-0.05, 0) is 12.1 Å². The third-order valence-electron chi connectivity index (χ3n) is 1.53. The zero-order valence-corrected chi connectivity index (χ0v) is 8.68. The fourth-order valence-electron chi connectivity index (χ4n) is 0.920. The van der Waals surface area contributed by atoms with E-state index in [1.165, 1.54) is 12.1 Å². The van der Waals surface area contributed by atoms with Crippen molar-refractivity contribution in [1.29, 1.82) is 0 Å². The van der Waals surface area contributed by atoms with E-state index in [1.54, 1.807) is 0 Å². The monoisotopic (exact) mass is 234 g/mol. The Labute approximate surface area is 91.2 Å². The fourth-order valence-corrected chi connectivity index (χ4v) is 1.48. The highest BCUT2D eigenvalue weighted by Gasteiger charge is 2.07. The van der Waals surface area contributed by atoms with Crippen molar-refractivity contribution in [3.8, 4) is 5.75 Å². The molecule has 0 amide bonds. The summed E-state index contributed by atoms with van der Waals surface area (Å²) < 4.78 is 5.08. The molecule has 3 nitrogen and oxygen atoms in total. The van der Waals surface area contributed by atoms with E-state index in [2.05, 4.69) is 0 Å². The van der Waals surface area contributed by atoms with E-state index in [0.29, 0.717) is 12.0 Å². The smallest absolute Gasteiger partial charge is 0.153 e. The molecule has 0 spiro atoms. The minimum atomic E-state index is -0.0926. The number of aldehydes is 1. The van der Waals surface area contributed by atoms with Crippen LogP contribution in [-0.4, -0.2) is 24.6 Å². The second-order valence-electron chi connectivity index (χ2n) is 2.49. The summed E-state index contributed by atoms with van der Waals surface area (Å²) in [5.41, 5.74) is 0.240. The molecular formula is C9H8Cl2O3. The first-order valence-corrected chi connectivity index (χ1v) is 4.62. The normalized spacial score (nSPS) is 9.93. The third-order valence-corrected chi connectivity index (χ3v) is 2.16. The standard InChI is InChI=1S/C9H8Cl2O3/c10-8-3-6(14-2-1-12)4-9(11)7(8)5-13/h3-5,12H,1-2H2. The summed E-state index contributed by atoms with van der Waals surface area (Å²) in [6.45, 7) is 0.0672. The minimum absolute atomic E-state index is 0.0926. The summed E-state index contributed by atoms with van der Waals surface area (Å²) in [7, 11) is 0. The summed E-state index contributed by atoms with van der Waals surface area (Å²) in [6.07, 6.45) is 0.584. The number of rotatable bonds is 4. The van der Waals surface area contributed by atoms with Crippen LogP contribution in [0.15, 0.2) is 12.1 Å². The number of hydrogen-bond donors (Lipinski definition) is 1. The van der Waals surface area contributed by atoms with Gasteiger partial charge < -0.3 is 9.84 Å². The van der Waals surface area contributed by atoms with Gasteiger partial charge >= 0.3 is 0 Å². The van der Waals surface area contributed by atoms with E-state index >= 15 is 0 Å². The van der Waals surface area contributed by atoms with Gasteiger partial charge in [0.1, 0.15) is 12.4 Å². The van der Waals surface area contributed by atoms with E-state index in [4.69, 9.17) is 33.0 Å². The molecule has 0 saturated heterocycles. The molecule has 0 fully saturated rings. The Balaban J connectivity index is 2.95. The van der Waals surface area contributed by atoms with Crippen LogP contribution in [0.25, 0.3) is 0 Å². The lowest BCUT2D eigenvalue weighted by molar-refractivity contribution is 0.112. The van der Waals surface area contributed by atoms with Crippen LogP contribution in [0.2, 0.25) is 10.0 Å². The van der Waals surface area contributed by atoms with Gasteiger partial charge in [0.2, 0.25) is 0 Å². The molecule has 0 saturated carbocycles. The number of hydrogen-bond acceptors (Lipinski definition) is 3. The second kappa shape index (κ2) is 5.20. The van der Waals surface area contributed by atoms with Crippen LogP contribution in [0.5, 0.6) is 5.75 Å². The van der Waals surface area contributed by atoms with E-state index in [-0.39, 0.29) is 28.8 Å². The molecular weight excluding hydrogens is 227 g/mol. The average Bonchev–Trinajstić information content (AvgIpc) is 2.14. The zero-order chi connectivity index (χ0) is 10.6. The van der Waals surface area contributed by atoms with Gasteiger partial charge in [-0.25, -0.2) is 0 Å². The quantitative estimate of drug-likeness (QED) is 0.813. The number of carbonyl (C=O) groups is 1. The minimum Gasteiger partial charge on any atom is -0.491 e. The van der Waals surface area contributed by atoms with E-state index < -0.39 is 0 Å². The maximum absolute atomic E-state index is 10.5. The van der Waals surface area contributed by atoms with Gasteiger partial charge in [-0.15, -0.1) is 0 Å². The predicted molar refractivity (Wildman–Crippen MR) is 54.4 cm³/mol. The van der Waals surface area contributed by atoms with Crippen molar-refractivity contribution in [2.45, 2.75) is 0 Å². The molecule has 1 aromatic carbocycles. The molecule has 0 aliphatic carbocycles. The van der Waals surface area contributed by atoms with Crippen LogP contribution < -0.4 is 4.74 Å². The average molecular weight is 235 g/mol. The first-order chi connectivity index (χ1) is 6.69. The van der Waals surface area contributed by atoms with Gasteiger partial charge in [-0.1, -0.05) is 23.2 Å². The molecule has 0 bridgehead atoms. The Morgan fingerprint density at radius 3 is 2.36 bits per heavy atom. The number of aliphatic hydroxyl groups excluding tert-OH is 1.